The van der Waals surface area contributed by atoms with Crippen LogP contribution in [0.1, 0.15) is 27.0 Å². The summed E-state index contributed by atoms with van der Waals surface area (Å²) >= 11 is 0. The third-order valence-corrected chi connectivity index (χ3v) is 2.65. The fraction of sp³-hybridized carbons (Fsp3) is 0.200. The molecule has 0 aliphatic rings. The van der Waals surface area contributed by atoms with Crippen molar-refractivity contribution < 1.29 is 14.6 Å². The van der Waals surface area contributed by atoms with Crippen molar-refractivity contribution in [2.24, 2.45) is 0 Å². The summed E-state index contributed by atoms with van der Waals surface area (Å²) in [6.45, 7) is 4.46. The molecule has 0 radical (unpaired) electrons. The highest BCUT2D eigenvalue weighted by Crippen LogP contribution is 2.15. The Morgan fingerprint density at radius 2 is 1.84 bits per heavy atom. The number of carbonyl (C=O) groups is 1. The Morgan fingerprint density at radius 1 is 1.16 bits per heavy atom. The van der Waals surface area contributed by atoms with Gasteiger partial charge in [0.2, 0.25) is 0 Å². The van der Waals surface area contributed by atoms with Crippen LogP contribution in [0.3, 0.4) is 0 Å². The number of rotatable bonds is 4. The predicted molar refractivity (Wildman–Crippen MR) is 71.4 cm³/mol. The lowest BCUT2D eigenvalue weighted by atomic mass is 10.1. The first kappa shape index (κ1) is 13.1. The van der Waals surface area contributed by atoms with E-state index in [-0.39, 0.29) is 5.56 Å². The van der Waals surface area contributed by atoms with E-state index in [1.807, 2.05) is 26.0 Å². The molecule has 0 atom stereocenters. The van der Waals surface area contributed by atoms with Crippen molar-refractivity contribution >= 4 is 5.97 Å². The van der Waals surface area contributed by atoms with Crippen LogP contribution in [-0.4, -0.2) is 16.1 Å². The van der Waals surface area contributed by atoms with E-state index < -0.39 is 5.97 Å². The van der Waals surface area contributed by atoms with Crippen LogP contribution in [0.25, 0.3) is 0 Å². The van der Waals surface area contributed by atoms with E-state index in [1.54, 1.807) is 0 Å². The third kappa shape index (κ3) is 3.55. The molecule has 4 nitrogen and oxygen atoms in total. The molecule has 1 heterocycles. The van der Waals surface area contributed by atoms with Crippen LogP contribution in [0.2, 0.25) is 0 Å². The molecule has 0 unspecified atom stereocenters. The lowest BCUT2D eigenvalue weighted by Crippen LogP contribution is -2.00. The molecule has 0 bridgehead atoms. The second-order valence-electron chi connectivity index (χ2n) is 4.50. The highest BCUT2D eigenvalue weighted by molar-refractivity contribution is 5.87. The van der Waals surface area contributed by atoms with Gasteiger partial charge in [-0.25, -0.2) is 4.79 Å². The Kier molecular flexibility index (Phi) is 3.80. The molecule has 0 fully saturated rings. The molecule has 2 rings (SSSR count). The zero-order valence-corrected chi connectivity index (χ0v) is 10.9. The van der Waals surface area contributed by atoms with Gasteiger partial charge in [0.15, 0.2) is 0 Å². The van der Waals surface area contributed by atoms with Gasteiger partial charge in [-0.15, -0.1) is 0 Å². The summed E-state index contributed by atoms with van der Waals surface area (Å²) in [6.07, 6.45) is 2.81. The van der Waals surface area contributed by atoms with Gasteiger partial charge in [-0.2, -0.15) is 0 Å². The van der Waals surface area contributed by atoms with Crippen LogP contribution < -0.4 is 4.74 Å². The molecule has 1 aromatic carbocycles. The molecule has 0 spiro atoms. The third-order valence-electron chi connectivity index (χ3n) is 2.65. The van der Waals surface area contributed by atoms with Gasteiger partial charge in [0.25, 0.3) is 0 Å². The Balaban J connectivity index is 2.10. The van der Waals surface area contributed by atoms with Gasteiger partial charge >= 0.3 is 5.97 Å². The minimum absolute atomic E-state index is 0.123. The van der Waals surface area contributed by atoms with Crippen molar-refractivity contribution in [2.75, 3.05) is 0 Å². The van der Waals surface area contributed by atoms with Crippen molar-refractivity contribution in [1.29, 1.82) is 0 Å². The molecular formula is C15H15NO3. The van der Waals surface area contributed by atoms with Gasteiger partial charge in [0, 0.05) is 6.20 Å². The summed E-state index contributed by atoms with van der Waals surface area (Å²) in [5.74, 6) is -0.552. The van der Waals surface area contributed by atoms with E-state index in [9.17, 15) is 4.79 Å². The quantitative estimate of drug-likeness (QED) is 0.914. The monoisotopic (exact) mass is 257 g/mol. The van der Waals surface area contributed by atoms with Crippen LogP contribution in [0.4, 0.5) is 0 Å². The van der Waals surface area contributed by atoms with Crippen molar-refractivity contribution in [3.05, 3.63) is 58.9 Å². The largest absolute Gasteiger partial charge is 0.487 e. The molecule has 19 heavy (non-hydrogen) atoms. The Hall–Kier alpha value is -2.36. The number of pyridine rings is 1. The molecule has 1 N–H and O–H groups in total. The van der Waals surface area contributed by atoms with Gasteiger partial charge in [0.05, 0.1) is 11.8 Å². The minimum atomic E-state index is -1.01. The number of hydrogen-bond acceptors (Lipinski definition) is 3. The average molecular weight is 257 g/mol. The molecule has 4 heteroatoms. The van der Waals surface area contributed by atoms with E-state index in [1.165, 1.54) is 29.6 Å². The summed E-state index contributed by atoms with van der Waals surface area (Å²) in [5, 5.41) is 8.87. The van der Waals surface area contributed by atoms with Crippen LogP contribution in [0, 0.1) is 13.8 Å². The maximum Gasteiger partial charge on any atom is 0.337 e. The molecule has 98 valence electrons. The summed E-state index contributed by atoms with van der Waals surface area (Å²) in [7, 11) is 0. The standard InChI is InChI=1S/C15H15NO3/c1-10-3-11(2)5-12(4-10)9-19-14-6-13(15(17)18)7-16-8-14/h3-8H,9H2,1-2H3,(H,17,18). The number of benzene rings is 1. The molecule has 0 saturated carbocycles. The number of aryl methyl sites for hydroxylation is 2. The highest BCUT2D eigenvalue weighted by atomic mass is 16.5. The smallest absolute Gasteiger partial charge is 0.337 e. The van der Waals surface area contributed by atoms with Gasteiger partial charge in [-0.3, -0.25) is 4.98 Å². The van der Waals surface area contributed by atoms with Gasteiger partial charge in [-0.05, 0) is 25.5 Å². The molecule has 0 amide bonds. The topological polar surface area (TPSA) is 59.4 Å². The van der Waals surface area contributed by atoms with E-state index in [2.05, 4.69) is 11.1 Å². The Labute approximate surface area is 111 Å². The normalized spacial score (nSPS) is 10.2. The maximum atomic E-state index is 10.8. The molecule has 0 aliphatic carbocycles. The molecule has 1 aromatic heterocycles. The zero-order chi connectivity index (χ0) is 13.8. The SMILES string of the molecule is Cc1cc(C)cc(COc2cncc(C(=O)O)c2)c1. The fourth-order valence-electron chi connectivity index (χ4n) is 1.93. The van der Waals surface area contributed by atoms with E-state index >= 15 is 0 Å². The average Bonchev–Trinajstić information content (AvgIpc) is 2.35. The van der Waals surface area contributed by atoms with Gasteiger partial charge in [0.1, 0.15) is 12.4 Å². The fourth-order valence-corrected chi connectivity index (χ4v) is 1.93. The molecule has 2 aromatic rings. The lowest BCUT2D eigenvalue weighted by molar-refractivity contribution is 0.0696. The molecule has 0 aliphatic heterocycles. The van der Waals surface area contributed by atoms with Crippen LogP contribution in [0.5, 0.6) is 5.75 Å². The number of carboxylic acids is 1. The summed E-state index contributed by atoms with van der Waals surface area (Å²) in [5.41, 5.74) is 3.53. The van der Waals surface area contributed by atoms with Crippen molar-refractivity contribution in [2.45, 2.75) is 20.5 Å². The van der Waals surface area contributed by atoms with E-state index in [0.717, 1.165) is 5.56 Å². The van der Waals surface area contributed by atoms with Crippen molar-refractivity contribution in [1.82, 2.24) is 4.98 Å². The first-order valence-electron chi connectivity index (χ1n) is 5.93. The van der Waals surface area contributed by atoms with E-state index in [0.29, 0.717) is 12.4 Å². The number of carboxylic acid groups (broad SMARTS) is 1. The number of ether oxygens (including phenoxy) is 1. The second-order valence-corrected chi connectivity index (χ2v) is 4.50. The first-order chi connectivity index (χ1) is 9.04. The van der Waals surface area contributed by atoms with Crippen LogP contribution >= 0.6 is 0 Å². The Bertz CT molecular complexity index is 588. The Morgan fingerprint density at radius 3 is 2.47 bits per heavy atom. The lowest BCUT2D eigenvalue weighted by Gasteiger charge is -2.08. The minimum Gasteiger partial charge on any atom is -0.487 e. The predicted octanol–water partition coefficient (Wildman–Crippen LogP) is 2.98. The molecular weight excluding hydrogens is 242 g/mol. The maximum absolute atomic E-state index is 10.8. The van der Waals surface area contributed by atoms with Crippen LogP contribution in [0.15, 0.2) is 36.7 Å². The first-order valence-corrected chi connectivity index (χ1v) is 5.93. The number of aromatic nitrogens is 1. The second kappa shape index (κ2) is 5.52. The van der Waals surface area contributed by atoms with Gasteiger partial charge in [-0.1, -0.05) is 29.3 Å². The highest BCUT2D eigenvalue weighted by Gasteiger charge is 2.05. The van der Waals surface area contributed by atoms with E-state index in [4.69, 9.17) is 9.84 Å². The van der Waals surface area contributed by atoms with Crippen molar-refractivity contribution in [3.63, 3.8) is 0 Å². The van der Waals surface area contributed by atoms with Gasteiger partial charge < -0.3 is 9.84 Å². The summed E-state index contributed by atoms with van der Waals surface area (Å²) in [4.78, 5) is 14.7. The number of aromatic carboxylic acids is 1. The molecule has 0 saturated heterocycles. The summed E-state index contributed by atoms with van der Waals surface area (Å²) < 4.78 is 5.57. The van der Waals surface area contributed by atoms with Crippen LogP contribution in [-0.2, 0) is 6.61 Å². The zero-order valence-electron chi connectivity index (χ0n) is 10.9. The number of nitrogens with zero attached hydrogens (tertiary/aromatic N) is 1. The number of hydrogen-bond donors (Lipinski definition) is 1. The van der Waals surface area contributed by atoms with Crippen molar-refractivity contribution in [3.8, 4) is 5.75 Å². The summed E-state index contributed by atoms with van der Waals surface area (Å²) in [6, 6.07) is 7.65.